The molecule has 5 heteroatoms. The first-order valence-corrected chi connectivity index (χ1v) is 6.20. The summed E-state index contributed by atoms with van der Waals surface area (Å²) in [6.45, 7) is 3.73. The van der Waals surface area contributed by atoms with E-state index >= 15 is 0 Å². The second-order valence-corrected chi connectivity index (χ2v) is 4.49. The number of hydrogen-bond acceptors (Lipinski definition) is 4. The zero-order chi connectivity index (χ0) is 13.8. The van der Waals surface area contributed by atoms with Gasteiger partial charge in [-0.05, 0) is 37.1 Å². The molecular weight excluding hydrogens is 247 g/mol. The average molecular weight is 262 g/mol. The molecule has 0 aliphatic heterocycles. The van der Waals surface area contributed by atoms with Crippen molar-refractivity contribution in [2.24, 2.45) is 0 Å². The van der Waals surface area contributed by atoms with E-state index in [4.69, 9.17) is 4.52 Å². The van der Waals surface area contributed by atoms with Gasteiger partial charge in [-0.25, -0.2) is 4.39 Å². The highest BCUT2D eigenvalue weighted by atomic mass is 19.1. The van der Waals surface area contributed by atoms with Crippen molar-refractivity contribution in [3.8, 4) is 11.4 Å². The van der Waals surface area contributed by atoms with Crippen LogP contribution < -0.4 is 0 Å². The molecule has 0 saturated carbocycles. The van der Waals surface area contributed by atoms with Crippen LogP contribution in [0.2, 0.25) is 0 Å². The first-order valence-electron chi connectivity index (χ1n) is 6.20. The third-order valence-electron chi connectivity index (χ3n) is 2.65. The molecule has 0 fully saturated rings. The van der Waals surface area contributed by atoms with E-state index < -0.39 is 0 Å². The lowest BCUT2D eigenvalue weighted by molar-refractivity contribution is -0.118. The van der Waals surface area contributed by atoms with Gasteiger partial charge in [-0.2, -0.15) is 4.98 Å². The van der Waals surface area contributed by atoms with Gasteiger partial charge >= 0.3 is 0 Å². The molecule has 2 aromatic rings. The maximum Gasteiger partial charge on any atom is 0.234 e. The Morgan fingerprint density at radius 1 is 1.37 bits per heavy atom. The van der Waals surface area contributed by atoms with Gasteiger partial charge in [-0.1, -0.05) is 12.1 Å². The monoisotopic (exact) mass is 262 g/mol. The number of halogens is 1. The molecule has 0 radical (unpaired) electrons. The van der Waals surface area contributed by atoms with Gasteiger partial charge in [0.05, 0.1) is 6.42 Å². The number of hydrogen-bond donors (Lipinski definition) is 0. The molecule has 0 unspecified atom stereocenters. The minimum atomic E-state index is -0.344. The van der Waals surface area contributed by atoms with Gasteiger partial charge in [0.25, 0.3) is 0 Å². The molecule has 0 saturated heterocycles. The largest absolute Gasteiger partial charge is 0.339 e. The summed E-state index contributed by atoms with van der Waals surface area (Å²) in [5.41, 5.74) is 1.33. The van der Waals surface area contributed by atoms with Crippen LogP contribution in [0.1, 0.15) is 31.2 Å². The van der Waals surface area contributed by atoms with Gasteiger partial charge in [0.15, 0.2) is 0 Å². The minimum Gasteiger partial charge on any atom is -0.339 e. The zero-order valence-electron chi connectivity index (χ0n) is 10.9. The SMILES string of the molecule is CCCC(=O)Cc1nc(-c2cc(C)cc(F)c2)no1. The first-order chi connectivity index (χ1) is 9.08. The fourth-order valence-corrected chi connectivity index (χ4v) is 1.85. The van der Waals surface area contributed by atoms with Crippen LogP contribution in [0.3, 0.4) is 0 Å². The van der Waals surface area contributed by atoms with Crippen molar-refractivity contribution in [3.63, 3.8) is 0 Å². The maximum absolute atomic E-state index is 13.3. The number of aryl methyl sites for hydroxylation is 1. The molecule has 2 rings (SSSR count). The van der Waals surface area contributed by atoms with Crippen molar-refractivity contribution in [1.82, 2.24) is 10.1 Å². The number of benzene rings is 1. The summed E-state index contributed by atoms with van der Waals surface area (Å²) < 4.78 is 18.3. The predicted molar refractivity (Wildman–Crippen MR) is 68.0 cm³/mol. The van der Waals surface area contributed by atoms with Crippen molar-refractivity contribution >= 4 is 5.78 Å². The summed E-state index contributed by atoms with van der Waals surface area (Å²) in [7, 11) is 0. The van der Waals surface area contributed by atoms with Gasteiger partial charge < -0.3 is 4.52 Å². The Bertz CT molecular complexity index is 573. The third-order valence-corrected chi connectivity index (χ3v) is 2.65. The minimum absolute atomic E-state index is 0.0631. The van der Waals surface area contributed by atoms with Gasteiger partial charge in [0, 0.05) is 12.0 Å². The quantitative estimate of drug-likeness (QED) is 0.830. The number of ketones is 1. The van der Waals surface area contributed by atoms with Gasteiger partial charge in [0.2, 0.25) is 11.7 Å². The van der Waals surface area contributed by atoms with Gasteiger partial charge in [-0.15, -0.1) is 0 Å². The molecule has 0 N–H and O–H groups in total. The Kier molecular flexibility index (Phi) is 4.04. The summed E-state index contributed by atoms with van der Waals surface area (Å²) in [4.78, 5) is 15.6. The molecule has 0 atom stereocenters. The molecule has 4 nitrogen and oxygen atoms in total. The topological polar surface area (TPSA) is 56.0 Å². The van der Waals surface area contributed by atoms with Gasteiger partial charge in [0.1, 0.15) is 11.6 Å². The number of rotatable bonds is 5. The second-order valence-electron chi connectivity index (χ2n) is 4.49. The van der Waals surface area contributed by atoms with Gasteiger partial charge in [-0.3, -0.25) is 4.79 Å². The molecule has 0 aliphatic carbocycles. The van der Waals surface area contributed by atoms with Crippen molar-refractivity contribution < 1.29 is 13.7 Å². The first kappa shape index (κ1) is 13.4. The van der Waals surface area contributed by atoms with E-state index in [9.17, 15) is 9.18 Å². The number of carbonyl (C=O) groups excluding carboxylic acids is 1. The van der Waals surface area contributed by atoms with Crippen LogP contribution in [0.15, 0.2) is 22.7 Å². The molecule has 19 heavy (non-hydrogen) atoms. The summed E-state index contributed by atoms with van der Waals surface area (Å²) in [6.07, 6.45) is 1.43. The fourth-order valence-electron chi connectivity index (χ4n) is 1.85. The highest BCUT2D eigenvalue weighted by molar-refractivity contribution is 5.79. The molecule has 1 heterocycles. The van der Waals surface area contributed by atoms with Crippen LogP contribution >= 0.6 is 0 Å². The van der Waals surface area contributed by atoms with Crippen molar-refractivity contribution in [3.05, 3.63) is 35.5 Å². The van der Waals surface area contributed by atoms with E-state index in [-0.39, 0.29) is 23.9 Å². The highest BCUT2D eigenvalue weighted by Crippen LogP contribution is 2.19. The zero-order valence-corrected chi connectivity index (χ0v) is 10.9. The Labute approximate surface area is 110 Å². The van der Waals surface area contributed by atoms with E-state index in [1.807, 2.05) is 6.92 Å². The Hall–Kier alpha value is -2.04. The van der Waals surface area contributed by atoms with Crippen molar-refractivity contribution in [2.75, 3.05) is 0 Å². The van der Waals surface area contributed by atoms with Crippen molar-refractivity contribution in [1.29, 1.82) is 0 Å². The molecule has 1 aromatic carbocycles. The smallest absolute Gasteiger partial charge is 0.234 e. The molecule has 0 spiro atoms. The second kappa shape index (κ2) is 5.73. The van der Waals surface area contributed by atoms with Crippen LogP contribution in [0.4, 0.5) is 4.39 Å². The maximum atomic E-state index is 13.3. The van der Waals surface area contributed by atoms with E-state index in [2.05, 4.69) is 10.1 Å². The van der Waals surface area contributed by atoms with E-state index in [1.54, 1.807) is 13.0 Å². The van der Waals surface area contributed by atoms with E-state index in [1.165, 1.54) is 12.1 Å². The summed E-state index contributed by atoms with van der Waals surface area (Å²) in [5, 5.41) is 3.78. The van der Waals surface area contributed by atoms with Crippen LogP contribution in [-0.4, -0.2) is 15.9 Å². The molecular formula is C14H15FN2O2. The van der Waals surface area contributed by atoms with Crippen LogP contribution in [0, 0.1) is 12.7 Å². The average Bonchev–Trinajstić information content (AvgIpc) is 2.76. The van der Waals surface area contributed by atoms with Crippen molar-refractivity contribution in [2.45, 2.75) is 33.1 Å². The highest BCUT2D eigenvalue weighted by Gasteiger charge is 2.12. The molecule has 0 aliphatic rings. The predicted octanol–water partition coefficient (Wildman–Crippen LogP) is 3.10. The number of Topliss-reactive ketones (excluding diaryl/α,β-unsaturated/α-hetero) is 1. The molecule has 100 valence electrons. The van der Waals surface area contributed by atoms with Crippen LogP contribution in [0.5, 0.6) is 0 Å². The Morgan fingerprint density at radius 3 is 2.84 bits per heavy atom. The lowest BCUT2D eigenvalue weighted by Crippen LogP contribution is -2.01. The lowest BCUT2D eigenvalue weighted by atomic mass is 10.1. The standard InChI is InChI=1S/C14H15FN2O2/c1-3-4-12(18)8-13-16-14(17-19-13)10-5-9(2)6-11(15)7-10/h5-7H,3-4,8H2,1-2H3. The molecule has 0 amide bonds. The lowest BCUT2D eigenvalue weighted by Gasteiger charge is -1.97. The summed E-state index contributed by atoms with van der Waals surface area (Å²) in [5.74, 6) is 0.300. The summed E-state index contributed by atoms with van der Waals surface area (Å²) in [6, 6.07) is 4.54. The summed E-state index contributed by atoms with van der Waals surface area (Å²) >= 11 is 0. The molecule has 1 aromatic heterocycles. The van der Waals surface area contributed by atoms with Crippen LogP contribution in [0.25, 0.3) is 11.4 Å². The Balaban J connectivity index is 2.18. The van der Waals surface area contributed by atoms with Crippen LogP contribution in [-0.2, 0) is 11.2 Å². The van der Waals surface area contributed by atoms with E-state index in [0.29, 0.717) is 17.8 Å². The van der Waals surface area contributed by atoms with E-state index in [0.717, 1.165) is 12.0 Å². The molecule has 0 bridgehead atoms. The fraction of sp³-hybridized carbons (Fsp3) is 0.357. The number of nitrogens with zero attached hydrogens (tertiary/aromatic N) is 2. The normalized spacial score (nSPS) is 10.7. The number of carbonyl (C=O) groups is 1. The Morgan fingerprint density at radius 2 is 2.16 bits per heavy atom. The third kappa shape index (κ3) is 3.47. The number of aromatic nitrogens is 2.